The first kappa shape index (κ1) is 34.6. The first-order valence-corrected chi connectivity index (χ1v) is 0. The molecule has 0 saturated heterocycles. The molecule has 0 N–H and O–H groups in total. The van der Waals surface area contributed by atoms with E-state index < -0.39 is 0 Å². The van der Waals surface area contributed by atoms with Crippen molar-refractivity contribution < 1.29 is 55.7 Å². The molecule has 0 aromatic carbocycles. The zero-order valence-electron chi connectivity index (χ0n) is 6.99. The second kappa shape index (κ2) is 23.9. The van der Waals surface area contributed by atoms with E-state index >= 15 is 0 Å². The maximum Gasteiger partial charge on any atom is 2.00 e. The van der Waals surface area contributed by atoms with E-state index in [1.54, 1.807) is 0 Å². The molecule has 5 heavy (non-hydrogen) atoms. The Hall–Kier alpha value is 4.31. The van der Waals surface area contributed by atoms with Crippen molar-refractivity contribution in [2.45, 2.75) is 0 Å². The van der Waals surface area contributed by atoms with Crippen molar-refractivity contribution in [3.8, 4) is 0 Å². The number of rotatable bonds is 0. The second-order valence-corrected chi connectivity index (χ2v) is 0. The van der Waals surface area contributed by atoms with E-state index in [1.807, 2.05) is 0 Å². The molecule has 0 saturated carbocycles. The predicted molar refractivity (Wildman–Crippen MR) is 34.5 cm³/mol. The van der Waals surface area contributed by atoms with Crippen molar-refractivity contribution in [2.75, 3.05) is 0 Å². The molecule has 0 aliphatic carbocycles. The average molecular weight is 171 g/mol. The van der Waals surface area contributed by atoms with Crippen molar-refractivity contribution in [3.63, 3.8) is 0 Å². The minimum absolute atomic E-state index is 0. The summed E-state index contributed by atoms with van der Waals surface area (Å²) < 4.78 is 0. The largest absolute Gasteiger partial charge is 2.00 e. The fraction of sp³-hybridized carbons (Fsp3) is 0. The van der Waals surface area contributed by atoms with Crippen molar-refractivity contribution in [3.05, 3.63) is 0 Å². The van der Waals surface area contributed by atoms with Crippen LogP contribution in [0.4, 0.5) is 0 Å². The van der Waals surface area contributed by atoms with E-state index in [4.69, 9.17) is 0 Å². The van der Waals surface area contributed by atoms with Gasteiger partial charge in [0.15, 0.2) is 0 Å². The van der Waals surface area contributed by atoms with Gasteiger partial charge in [0.05, 0.1) is 0 Å². The zero-order chi connectivity index (χ0) is 0. The van der Waals surface area contributed by atoms with Gasteiger partial charge >= 0.3 is 112 Å². The van der Waals surface area contributed by atoms with Gasteiger partial charge in [-0.15, -0.1) is 0 Å². The van der Waals surface area contributed by atoms with Crippen molar-refractivity contribution in [1.29, 1.82) is 0 Å². The van der Waals surface area contributed by atoms with E-state index in [9.17, 15) is 0 Å². The molecule has 0 heterocycles. The van der Waals surface area contributed by atoms with Crippen LogP contribution >= 0.6 is 9.90 Å². The third-order valence-corrected chi connectivity index (χ3v) is 0. The van der Waals surface area contributed by atoms with Crippen LogP contribution in [0.15, 0.2) is 0 Å². The predicted octanol–water partition coefficient (Wildman–Crippen LogP) is -4.28. The molecule has 0 fully saturated rings. The van der Waals surface area contributed by atoms with Gasteiger partial charge in [-0.2, -0.15) is 0 Å². The molecular formula is H8CaKMgPSi. The fourth-order valence-corrected chi connectivity index (χ4v) is 0. The zero-order valence-corrected chi connectivity index (χ0v) is 13.9. The Balaban J connectivity index is 0. The Morgan fingerprint density at radius 3 is 1.20 bits per heavy atom. The van der Waals surface area contributed by atoms with Crippen LogP contribution in [0.5, 0.6) is 0 Å². The van der Waals surface area contributed by atoms with Crippen LogP contribution in [-0.2, 0) is 0 Å². The van der Waals surface area contributed by atoms with Crippen LogP contribution in [0.3, 0.4) is 0 Å². The molecule has 0 nitrogen and oxygen atoms in total. The fourth-order valence-electron chi connectivity index (χ4n) is 0. The molecule has 0 bridgehead atoms. The molecule has 0 aliphatic rings. The Morgan fingerprint density at radius 2 is 1.20 bits per heavy atom. The molecule has 0 spiro atoms. The van der Waals surface area contributed by atoms with Gasteiger partial charge in [0.25, 0.3) is 0 Å². The first-order valence-electron chi connectivity index (χ1n) is 0. The van der Waals surface area contributed by atoms with Crippen molar-refractivity contribution in [1.82, 2.24) is 0 Å². The van der Waals surface area contributed by atoms with Crippen LogP contribution < -0.4 is 51.4 Å². The average Bonchev–Trinajstić information content (AvgIpc) is 0. The van der Waals surface area contributed by atoms with E-state index in [0.717, 1.165) is 0 Å². The quantitative estimate of drug-likeness (QED) is 0.255. The summed E-state index contributed by atoms with van der Waals surface area (Å²) in [5, 5.41) is 0. The summed E-state index contributed by atoms with van der Waals surface area (Å²) in [5.74, 6) is 0. The maximum atomic E-state index is 0. The molecule has 0 amide bonds. The smallest absolute Gasteiger partial charge is 1.00 e. The molecule has 0 aliphatic heterocycles. The summed E-state index contributed by atoms with van der Waals surface area (Å²) in [6.45, 7) is 0. The molecular weight excluding hydrogens is 163 g/mol. The van der Waals surface area contributed by atoms with Crippen LogP contribution in [0, 0.1) is 0 Å². The topological polar surface area (TPSA) is 0 Å². The van der Waals surface area contributed by atoms with Gasteiger partial charge < -0.3 is 25.1 Å². The third-order valence-electron chi connectivity index (χ3n) is 0. The number of hydrogen-bond donors (Lipinski definition) is 0. The van der Waals surface area contributed by atoms with Gasteiger partial charge in [0, 0.05) is 0 Å². The van der Waals surface area contributed by atoms with E-state index in [0.29, 0.717) is 0 Å². The Labute approximate surface area is 134 Å². The van der Waals surface area contributed by atoms with Crippen LogP contribution in [-0.4, -0.2) is 71.8 Å². The van der Waals surface area contributed by atoms with Gasteiger partial charge in [-0.3, -0.25) is 0 Å². The van der Waals surface area contributed by atoms with Gasteiger partial charge in [-0.1, -0.05) is 0 Å². The second-order valence-electron chi connectivity index (χ2n) is 0. The summed E-state index contributed by atoms with van der Waals surface area (Å²) in [5.41, 5.74) is 0. The van der Waals surface area contributed by atoms with Crippen LogP contribution in [0.1, 0.15) is 4.28 Å². The summed E-state index contributed by atoms with van der Waals surface area (Å²) in [7, 11) is 0. The van der Waals surface area contributed by atoms with Gasteiger partial charge in [-0.05, 0) is 0 Å². The van der Waals surface area contributed by atoms with Gasteiger partial charge in [-0.25, -0.2) is 0 Å². The standard InChI is InChI=1S/Ca.K.Mg.H2P.H3Si.3H/h;;;1H2;1H3;;;/q+2;+1;+2;5*-1. The maximum absolute atomic E-state index is 0. The summed E-state index contributed by atoms with van der Waals surface area (Å²) in [4.78, 5) is 0. The molecule has 0 unspecified atom stereocenters. The first-order chi connectivity index (χ1) is 0. The molecule has 22 valence electrons. The minimum Gasteiger partial charge on any atom is -1.00 e. The number of hydrogen-bond acceptors (Lipinski definition) is 0. The summed E-state index contributed by atoms with van der Waals surface area (Å²) in [6, 6.07) is 0. The Bertz CT molecular complexity index is 19.2. The minimum atomic E-state index is 0. The molecule has 0 radical (unpaired) electrons. The molecule has 0 aromatic rings. The van der Waals surface area contributed by atoms with E-state index in [2.05, 4.69) is 0 Å². The van der Waals surface area contributed by atoms with Crippen LogP contribution in [0.25, 0.3) is 0 Å². The Kier molecular flexibility index (Phi) is 165. The van der Waals surface area contributed by atoms with Crippen molar-refractivity contribution >= 4 is 81.7 Å². The van der Waals surface area contributed by atoms with Crippen LogP contribution in [0.2, 0.25) is 0 Å². The molecule has 0 atom stereocenters. The third kappa shape index (κ3) is 17.8. The van der Waals surface area contributed by atoms with Crippen molar-refractivity contribution in [2.24, 2.45) is 0 Å². The van der Waals surface area contributed by atoms with E-state index in [1.165, 1.54) is 0 Å². The SMILES string of the molecule is [Ca+2].[H-].[H-].[H-].[K+].[Mg+2].[PH2-].[SiH3-]. The molecule has 0 aromatic heterocycles. The normalized spacial score (nSPS) is 0. The monoisotopic (exact) mass is 170 g/mol. The summed E-state index contributed by atoms with van der Waals surface area (Å²) >= 11 is 0. The molecule has 0 rings (SSSR count). The van der Waals surface area contributed by atoms with Gasteiger partial charge in [0.2, 0.25) is 0 Å². The van der Waals surface area contributed by atoms with Gasteiger partial charge in [0.1, 0.15) is 0 Å². The molecule has 5 heteroatoms. The van der Waals surface area contributed by atoms with E-state index in [-0.39, 0.29) is 137 Å². The Morgan fingerprint density at radius 1 is 1.20 bits per heavy atom. The summed E-state index contributed by atoms with van der Waals surface area (Å²) in [6.07, 6.45) is 0.